The van der Waals surface area contributed by atoms with E-state index in [0.717, 1.165) is 12.2 Å². The van der Waals surface area contributed by atoms with E-state index in [0.29, 0.717) is 12.9 Å². The minimum Gasteiger partial charge on any atom is -0.393 e. The van der Waals surface area contributed by atoms with Crippen molar-refractivity contribution in [3.8, 4) is 0 Å². The zero-order valence-corrected chi connectivity index (χ0v) is 15.4. The lowest BCUT2D eigenvalue weighted by Gasteiger charge is -2.37. The largest absolute Gasteiger partial charge is 0.393 e. The van der Waals surface area contributed by atoms with Crippen LogP contribution in [0.2, 0.25) is 6.32 Å². The molecule has 1 aromatic carbocycles. The van der Waals surface area contributed by atoms with Crippen LogP contribution in [-0.2, 0) is 0 Å². The van der Waals surface area contributed by atoms with Gasteiger partial charge in [0.05, 0.1) is 0 Å². The molecule has 0 amide bonds. The number of rotatable bonds is 4. The molecule has 0 fully saturated rings. The predicted molar refractivity (Wildman–Crippen MR) is 103 cm³/mol. The summed E-state index contributed by atoms with van der Waals surface area (Å²) >= 11 is 0. The first-order valence-electron chi connectivity index (χ1n) is 8.65. The van der Waals surface area contributed by atoms with Gasteiger partial charge in [0.2, 0.25) is 0 Å². The summed E-state index contributed by atoms with van der Waals surface area (Å²) in [6.07, 6.45) is 3.36. The van der Waals surface area contributed by atoms with Crippen molar-refractivity contribution in [3.63, 3.8) is 0 Å². The van der Waals surface area contributed by atoms with Gasteiger partial charge in [0.25, 0.3) is 6.85 Å². The highest BCUT2D eigenvalue weighted by Gasteiger charge is 2.29. The summed E-state index contributed by atoms with van der Waals surface area (Å²) in [4.78, 5) is 7.47. The van der Waals surface area contributed by atoms with E-state index in [-0.39, 0.29) is 6.04 Å². The van der Waals surface area contributed by atoms with Crippen LogP contribution in [0.3, 0.4) is 0 Å². The van der Waals surface area contributed by atoms with Crippen LogP contribution in [0.25, 0.3) is 0 Å². The second kappa shape index (κ2) is 7.67. The van der Waals surface area contributed by atoms with Crippen molar-refractivity contribution < 1.29 is 0 Å². The average molecular weight is 308 g/mol. The maximum absolute atomic E-state index is 4.99. The fourth-order valence-corrected chi connectivity index (χ4v) is 3.27. The zero-order chi connectivity index (χ0) is 17.0. The molecule has 3 heteroatoms. The number of nitrogens with zero attached hydrogens (tertiary/aromatic N) is 2. The maximum atomic E-state index is 4.99. The van der Waals surface area contributed by atoms with Gasteiger partial charge in [0, 0.05) is 17.6 Å². The fourth-order valence-electron chi connectivity index (χ4n) is 3.27. The van der Waals surface area contributed by atoms with Gasteiger partial charge in [-0.1, -0.05) is 53.5 Å². The van der Waals surface area contributed by atoms with Gasteiger partial charge in [-0.15, -0.1) is 0 Å². The Kier molecular flexibility index (Phi) is 5.87. The average Bonchev–Trinajstić information content (AvgIpc) is 2.45. The molecule has 0 bridgehead atoms. The van der Waals surface area contributed by atoms with Crippen LogP contribution in [0, 0.1) is 0 Å². The van der Waals surface area contributed by atoms with Gasteiger partial charge in [-0.25, -0.2) is 0 Å². The Hall–Kier alpha value is -1.77. The standard InChI is InChI=1S/C20H29BN2/c1-15(2)22-20(19-10-8-7-9-11-19)23(16(3)4)21-13-17(5)12-18(6)14-21/h7-13,15-16H,14H2,1-6H3. The Morgan fingerprint density at radius 3 is 2.26 bits per heavy atom. The molecule has 122 valence electrons. The van der Waals surface area contributed by atoms with Gasteiger partial charge < -0.3 is 4.81 Å². The van der Waals surface area contributed by atoms with Crippen LogP contribution >= 0.6 is 0 Å². The lowest BCUT2D eigenvalue weighted by atomic mass is 9.52. The van der Waals surface area contributed by atoms with Crippen LogP contribution in [0.5, 0.6) is 0 Å². The third kappa shape index (κ3) is 4.60. The Labute approximate surface area is 142 Å². The third-order valence-electron chi connectivity index (χ3n) is 4.03. The van der Waals surface area contributed by atoms with Crippen molar-refractivity contribution in [1.82, 2.24) is 4.81 Å². The van der Waals surface area contributed by atoms with Crippen LogP contribution in [-0.4, -0.2) is 29.6 Å². The van der Waals surface area contributed by atoms with E-state index < -0.39 is 0 Å². The van der Waals surface area contributed by atoms with E-state index in [1.165, 1.54) is 16.7 Å². The fraction of sp³-hybridized carbons (Fsp3) is 0.450. The predicted octanol–water partition coefficient (Wildman–Crippen LogP) is 4.99. The number of benzene rings is 1. The first-order chi connectivity index (χ1) is 10.9. The van der Waals surface area contributed by atoms with Gasteiger partial charge in [-0.05, 0) is 47.9 Å². The lowest BCUT2D eigenvalue weighted by molar-refractivity contribution is 0.511. The third-order valence-corrected chi connectivity index (χ3v) is 4.03. The van der Waals surface area contributed by atoms with Crippen molar-refractivity contribution in [2.24, 2.45) is 4.99 Å². The van der Waals surface area contributed by atoms with E-state index in [2.05, 4.69) is 88.7 Å². The molecule has 0 atom stereocenters. The maximum Gasteiger partial charge on any atom is 0.287 e. The molecule has 1 aliphatic heterocycles. The molecule has 0 aromatic heterocycles. The summed E-state index contributed by atoms with van der Waals surface area (Å²) < 4.78 is 0. The Morgan fingerprint density at radius 2 is 1.74 bits per heavy atom. The van der Waals surface area contributed by atoms with Crippen molar-refractivity contribution in [2.45, 2.75) is 59.9 Å². The molecule has 0 saturated carbocycles. The molecule has 1 aliphatic rings. The second-order valence-electron chi connectivity index (χ2n) is 7.09. The molecule has 23 heavy (non-hydrogen) atoms. The molecule has 2 rings (SSSR count). The van der Waals surface area contributed by atoms with Gasteiger partial charge >= 0.3 is 0 Å². The summed E-state index contributed by atoms with van der Waals surface area (Å²) in [6.45, 7) is 13.6. The smallest absolute Gasteiger partial charge is 0.287 e. The lowest BCUT2D eigenvalue weighted by Crippen LogP contribution is -2.48. The van der Waals surface area contributed by atoms with E-state index in [4.69, 9.17) is 4.99 Å². The first kappa shape index (κ1) is 17.6. The molecule has 0 saturated heterocycles. The second-order valence-corrected chi connectivity index (χ2v) is 7.09. The topological polar surface area (TPSA) is 15.6 Å². The number of aliphatic imine (C=N–C) groups is 1. The molecule has 2 nitrogen and oxygen atoms in total. The molecule has 0 aliphatic carbocycles. The zero-order valence-electron chi connectivity index (χ0n) is 15.4. The number of amidine groups is 1. The molecule has 0 spiro atoms. The Morgan fingerprint density at radius 1 is 1.09 bits per heavy atom. The van der Waals surface area contributed by atoms with Crippen molar-refractivity contribution >= 4 is 12.7 Å². The summed E-state index contributed by atoms with van der Waals surface area (Å²) in [5.74, 6) is 3.49. The minimum absolute atomic E-state index is 0.275. The van der Waals surface area contributed by atoms with Crippen molar-refractivity contribution in [2.75, 3.05) is 0 Å². The van der Waals surface area contributed by atoms with Gasteiger partial charge in [-0.3, -0.25) is 4.99 Å². The number of hydrogen-bond acceptors (Lipinski definition) is 1. The number of hydrogen-bond donors (Lipinski definition) is 0. The highest BCUT2D eigenvalue weighted by molar-refractivity contribution is 6.65. The van der Waals surface area contributed by atoms with E-state index in [9.17, 15) is 0 Å². The van der Waals surface area contributed by atoms with Crippen LogP contribution in [0.4, 0.5) is 0 Å². The molecule has 1 heterocycles. The van der Waals surface area contributed by atoms with Gasteiger partial charge in [-0.2, -0.15) is 0 Å². The molecule has 0 radical (unpaired) electrons. The minimum atomic E-state index is 0.275. The summed E-state index contributed by atoms with van der Waals surface area (Å²) in [6, 6.07) is 11.3. The molecular weight excluding hydrogens is 279 g/mol. The Balaban J connectivity index is 2.46. The molecule has 0 unspecified atom stereocenters. The normalized spacial score (nSPS) is 15.8. The monoisotopic (exact) mass is 308 g/mol. The number of allylic oxidation sites excluding steroid dienone is 3. The molecule has 0 N–H and O–H groups in total. The van der Waals surface area contributed by atoms with E-state index >= 15 is 0 Å². The highest BCUT2D eigenvalue weighted by Crippen LogP contribution is 2.23. The van der Waals surface area contributed by atoms with E-state index in [1.54, 1.807) is 0 Å². The molecule has 1 aromatic rings. The molecular formula is C20H29BN2. The Bertz CT molecular complexity index is 612. The summed E-state index contributed by atoms with van der Waals surface area (Å²) in [5, 5.41) is 0. The van der Waals surface area contributed by atoms with Crippen LogP contribution in [0.15, 0.2) is 58.5 Å². The van der Waals surface area contributed by atoms with Gasteiger partial charge in [0.15, 0.2) is 0 Å². The van der Waals surface area contributed by atoms with Gasteiger partial charge in [0.1, 0.15) is 5.84 Å². The van der Waals surface area contributed by atoms with Crippen LogP contribution in [0.1, 0.15) is 47.1 Å². The van der Waals surface area contributed by atoms with Crippen LogP contribution < -0.4 is 0 Å². The highest BCUT2D eigenvalue weighted by atomic mass is 15.2. The van der Waals surface area contributed by atoms with Crippen molar-refractivity contribution in [3.05, 3.63) is 59.1 Å². The SMILES string of the molecule is CC1=CB(N(C(=NC(C)C)c2ccccc2)C(C)C)CC(C)=C1. The quantitative estimate of drug-likeness (QED) is 0.435. The first-order valence-corrected chi connectivity index (χ1v) is 8.65. The van der Waals surface area contributed by atoms with E-state index in [1.807, 2.05) is 0 Å². The summed E-state index contributed by atoms with van der Waals surface area (Å²) in [7, 11) is 0. The van der Waals surface area contributed by atoms with Crippen molar-refractivity contribution in [1.29, 1.82) is 0 Å². The summed E-state index contributed by atoms with van der Waals surface area (Å²) in [5.41, 5.74) is 3.99.